The van der Waals surface area contributed by atoms with E-state index in [9.17, 15) is 4.79 Å². The van der Waals surface area contributed by atoms with Gasteiger partial charge in [0.25, 0.3) is 5.95 Å². The van der Waals surface area contributed by atoms with Crippen molar-refractivity contribution in [1.82, 2.24) is 19.9 Å². The highest BCUT2D eigenvalue weighted by Crippen LogP contribution is 2.33. The van der Waals surface area contributed by atoms with E-state index < -0.39 is 8.07 Å². The second-order valence-electron chi connectivity index (χ2n) is 9.70. The molecule has 3 aromatic heterocycles. The number of carbonyl (C=O) groups is 1. The number of amides is 1. The molecule has 0 aliphatic heterocycles. The van der Waals surface area contributed by atoms with Crippen LogP contribution in [0.4, 0.5) is 11.6 Å². The molecule has 0 aromatic carbocycles. The molecule has 3 aromatic rings. The third kappa shape index (κ3) is 8.19. The van der Waals surface area contributed by atoms with Gasteiger partial charge in [0.15, 0.2) is 5.69 Å². The summed E-state index contributed by atoms with van der Waals surface area (Å²) in [7, 11) is 5.39. The molecule has 200 valence electrons. The first-order chi connectivity index (χ1) is 17.6. The molecule has 3 heterocycles. The average Bonchev–Trinajstić information content (AvgIpc) is 3.28. The van der Waals surface area contributed by atoms with E-state index in [2.05, 4.69) is 50.1 Å². The van der Waals surface area contributed by atoms with E-state index in [0.717, 1.165) is 18.3 Å². The normalized spacial score (nSPS) is 11.4. The summed E-state index contributed by atoms with van der Waals surface area (Å²) in [6.45, 7) is 8.26. The van der Waals surface area contributed by atoms with Crippen LogP contribution in [0.1, 0.15) is 12.2 Å². The van der Waals surface area contributed by atoms with Crippen LogP contribution >= 0.6 is 0 Å². The molecule has 0 unspecified atom stereocenters. The summed E-state index contributed by atoms with van der Waals surface area (Å²) in [5, 5.41) is 6.96. The van der Waals surface area contributed by atoms with Crippen molar-refractivity contribution < 1.29 is 23.4 Å². The van der Waals surface area contributed by atoms with Crippen molar-refractivity contribution in [3.63, 3.8) is 0 Å². The Morgan fingerprint density at radius 3 is 2.41 bits per heavy atom. The highest BCUT2D eigenvalue weighted by Gasteiger charge is 2.21. The third-order valence-corrected chi connectivity index (χ3v) is 7.06. The Balaban J connectivity index is 1.64. The summed E-state index contributed by atoms with van der Waals surface area (Å²) >= 11 is 0. The highest BCUT2D eigenvalue weighted by molar-refractivity contribution is 6.88. The van der Waals surface area contributed by atoms with Crippen LogP contribution in [0, 0.1) is 0 Å². The molecule has 0 aliphatic rings. The van der Waals surface area contributed by atoms with Gasteiger partial charge in [0.1, 0.15) is 19.6 Å². The van der Waals surface area contributed by atoms with Crippen LogP contribution in [0.5, 0.6) is 23.5 Å². The van der Waals surface area contributed by atoms with Crippen LogP contribution in [0.2, 0.25) is 19.6 Å². The predicted octanol–water partition coefficient (Wildman–Crippen LogP) is 3.36. The first-order valence-corrected chi connectivity index (χ1v) is 15.5. The smallest absolute Gasteiger partial charge is 0.290 e. The van der Waals surface area contributed by atoms with Gasteiger partial charge in [-0.1, -0.05) is 19.6 Å². The number of furan rings is 1. The van der Waals surface area contributed by atoms with E-state index in [1.165, 1.54) is 14.2 Å². The number of aromatic nitrogens is 3. The number of anilines is 2. The molecular formula is C25H36N6O5Si. The van der Waals surface area contributed by atoms with E-state index >= 15 is 0 Å². The van der Waals surface area contributed by atoms with Crippen LogP contribution in [0.25, 0.3) is 0 Å². The van der Waals surface area contributed by atoms with Gasteiger partial charge in [0.2, 0.25) is 23.6 Å². The highest BCUT2D eigenvalue weighted by atomic mass is 28.3. The first kappa shape index (κ1) is 27.9. The summed E-state index contributed by atoms with van der Waals surface area (Å²) in [5.74, 6) is 1.75. The number of nitrogens with zero attached hydrogens (tertiary/aromatic N) is 4. The minimum atomic E-state index is -1.58. The van der Waals surface area contributed by atoms with Gasteiger partial charge < -0.3 is 34.2 Å². The van der Waals surface area contributed by atoms with Gasteiger partial charge in [0, 0.05) is 24.1 Å². The molecule has 37 heavy (non-hydrogen) atoms. The number of hydrogen-bond acceptors (Lipinski definition) is 10. The van der Waals surface area contributed by atoms with Gasteiger partial charge in [0.05, 0.1) is 20.6 Å². The Bertz CT molecular complexity index is 1170. The quantitative estimate of drug-likeness (QED) is 0.252. The fraction of sp³-hybridized carbons (Fsp3) is 0.440. The molecule has 0 fully saturated rings. The zero-order valence-corrected chi connectivity index (χ0v) is 23.5. The monoisotopic (exact) mass is 528 g/mol. The summed E-state index contributed by atoms with van der Waals surface area (Å²) in [4.78, 5) is 28.1. The van der Waals surface area contributed by atoms with Crippen molar-refractivity contribution in [1.29, 1.82) is 0 Å². The molecule has 1 amide bonds. The average molecular weight is 529 g/mol. The lowest BCUT2D eigenvalue weighted by atomic mass is 10.3. The summed E-state index contributed by atoms with van der Waals surface area (Å²) in [6, 6.07) is 7.08. The standard InChI is InChI=1S/C25H36N6O5Si/c1-31(2)14-8-12-27-25-29-23(33-3)22(24(30-25)34-4)28-19(32)15-17-9-10-21(35-17)36-18-11-13-26-20(16-18)37(5,6)7/h9-11,13,16H,8,12,14-15H2,1-7H3,(H,28,32)(H,27,29,30). The molecule has 3 rings (SSSR count). The maximum atomic E-state index is 12.8. The SMILES string of the molecule is COc1nc(NCCCN(C)C)nc(OC)c1NC(=O)Cc1ccc(Oc2ccnc([Si](C)(C)C)c2)o1. The molecule has 0 saturated heterocycles. The Morgan fingerprint density at radius 1 is 1.08 bits per heavy atom. The van der Waals surface area contributed by atoms with Gasteiger partial charge in [-0.3, -0.25) is 9.78 Å². The van der Waals surface area contributed by atoms with Gasteiger partial charge in [-0.15, -0.1) is 0 Å². The lowest BCUT2D eigenvalue weighted by Gasteiger charge is -2.15. The molecule has 11 nitrogen and oxygen atoms in total. The van der Waals surface area contributed by atoms with Gasteiger partial charge in [-0.25, -0.2) is 0 Å². The fourth-order valence-electron chi connectivity index (χ4n) is 3.35. The van der Waals surface area contributed by atoms with Crippen LogP contribution < -0.4 is 30.2 Å². The number of carbonyl (C=O) groups excluding carboxylic acids is 1. The maximum absolute atomic E-state index is 12.8. The second kappa shape index (κ2) is 12.5. The maximum Gasteiger partial charge on any atom is 0.290 e. The molecular weight excluding hydrogens is 492 g/mol. The molecule has 2 N–H and O–H groups in total. The molecule has 0 saturated carbocycles. The largest absolute Gasteiger partial charge is 0.479 e. The number of nitrogens with one attached hydrogen (secondary N) is 2. The lowest BCUT2D eigenvalue weighted by molar-refractivity contribution is -0.115. The number of ether oxygens (including phenoxy) is 3. The lowest BCUT2D eigenvalue weighted by Crippen LogP contribution is -2.39. The molecule has 0 aliphatic carbocycles. The number of rotatable bonds is 13. The Morgan fingerprint density at radius 2 is 1.78 bits per heavy atom. The van der Waals surface area contributed by atoms with Crippen molar-refractivity contribution in [3.05, 3.63) is 36.2 Å². The van der Waals surface area contributed by atoms with E-state index in [0.29, 0.717) is 29.9 Å². The number of hydrogen-bond donors (Lipinski definition) is 2. The zero-order valence-electron chi connectivity index (χ0n) is 22.5. The van der Waals surface area contributed by atoms with E-state index in [4.69, 9.17) is 18.6 Å². The summed E-state index contributed by atoms with van der Waals surface area (Å²) in [6.07, 6.45) is 2.61. The van der Waals surface area contributed by atoms with Crippen molar-refractivity contribution >= 4 is 30.9 Å². The molecule has 0 atom stereocenters. The summed E-state index contributed by atoms with van der Waals surface area (Å²) in [5.41, 5.74) is 0.243. The first-order valence-electron chi connectivity index (χ1n) is 12.0. The predicted molar refractivity (Wildman–Crippen MR) is 145 cm³/mol. The molecule has 12 heteroatoms. The van der Waals surface area contributed by atoms with Gasteiger partial charge in [-0.2, -0.15) is 9.97 Å². The van der Waals surface area contributed by atoms with Crippen molar-refractivity contribution in [2.24, 2.45) is 0 Å². The van der Waals surface area contributed by atoms with E-state index in [1.54, 1.807) is 24.4 Å². The van der Waals surface area contributed by atoms with E-state index in [1.807, 2.05) is 20.2 Å². The summed E-state index contributed by atoms with van der Waals surface area (Å²) < 4.78 is 22.4. The van der Waals surface area contributed by atoms with Crippen LogP contribution in [0.15, 0.2) is 34.9 Å². The fourth-order valence-corrected chi connectivity index (χ4v) is 4.39. The molecule has 0 bridgehead atoms. The minimum Gasteiger partial charge on any atom is -0.479 e. The number of pyridine rings is 1. The van der Waals surface area contributed by atoms with Crippen LogP contribution in [-0.4, -0.2) is 75.2 Å². The third-order valence-electron chi connectivity index (χ3n) is 5.25. The van der Waals surface area contributed by atoms with Crippen molar-refractivity contribution in [2.75, 3.05) is 52.0 Å². The second-order valence-corrected chi connectivity index (χ2v) is 14.7. The van der Waals surface area contributed by atoms with Crippen LogP contribution in [-0.2, 0) is 11.2 Å². The zero-order chi connectivity index (χ0) is 27.0. The molecule has 0 radical (unpaired) electrons. The molecule has 0 spiro atoms. The Labute approximate surface area is 218 Å². The van der Waals surface area contributed by atoms with Crippen molar-refractivity contribution in [2.45, 2.75) is 32.5 Å². The Hall–Kier alpha value is -3.64. The van der Waals surface area contributed by atoms with Crippen molar-refractivity contribution in [3.8, 4) is 23.5 Å². The Kier molecular flexibility index (Phi) is 9.47. The minimum absolute atomic E-state index is 0.0310. The number of methoxy groups -OCH3 is 2. The topological polar surface area (TPSA) is 124 Å². The van der Waals surface area contributed by atoms with Gasteiger partial charge in [-0.05, 0) is 45.3 Å². The van der Waals surface area contributed by atoms with Gasteiger partial charge >= 0.3 is 0 Å². The van der Waals surface area contributed by atoms with E-state index in [-0.39, 0.29) is 29.8 Å². The van der Waals surface area contributed by atoms with Crippen LogP contribution in [0.3, 0.4) is 0 Å².